The maximum atomic E-state index is 11.3. The number of aliphatic hydroxyl groups excluding tert-OH is 1. The van der Waals surface area contributed by atoms with Crippen LogP contribution < -0.4 is 5.32 Å². The SMILES string of the molecule is O=C(Nc1ccc(CN2CCCC2)cc1)OCCO. The van der Waals surface area contributed by atoms with Crippen LogP contribution in [0.5, 0.6) is 0 Å². The molecule has 1 aliphatic heterocycles. The molecule has 0 spiro atoms. The number of amides is 1. The molecule has 0 aliphatic carbocycles. The molecule has 1 aromatic carbocycles. The zero-order chi connectivity index (χ0) is 13.5. The standard InChI is InChI=1S/C14H20N2O3/c17-9-10-19-14(18)15-13-5-3-12(4-6-13)11-16-7-1-2-8-16/h3-6,17H,1-2,7-11H2,(H,15,18). The number of carbonyl (C=O) groups is 1. The Labute approximate surface area is 113 Å². The number of hydrogen-bond acceptors (Lipinski definition) is 4. The van der Waals surface area contributed by atoms with E-state index in [4.69, 9.17) is 9.84 Å². The highest BCUT2D eigenvalue weighted by atomic mass is 16.6. The molecule has 5 heteroatoms. The first-order chi connectivity index (χ1) is 9.28. The number of anilines is 1. The van der Waals surface area contributed by atoms with Crippen molar-refractivity contribution in [2.45, 2.75) is 19.4 Å². The summed E-state index contributed by atoms with van der Waals surface area (Å²) in [4.78, 5) is 13.7. The highest BCUT2D eigenvalue weighted by molar-refractivity contribution is 5.84. The summed E-state index contributed by atoms with van der Waals surface area (Å²) >= 11 is 0. The van der Waals surface area contributed by atoms with Gasteiger partial charge in [0.15, 0.2) is 0 Å². The van der Waals surface area contributed by atoms with Gasteiger partial charge in [-0.15, -0.1) is 0 Å². The van der Waals surface area contributed by atoms with Gasteiger partial charge in [0.2, 0.25) is 0 Å². The first kappa shape index (κ1) is 13.8. The maximum absolute atomic E-state index is 11.3. The number of carbonyl (C=O) groups excluding carboxylic acids is 1. The van der Waals surface area contributed by atoms with Crippen LogP contribution in [0.4, 0.5) is 10.5 Å². The van der Waals surface area contributed by atoms with Gasteiger partial charge in [-0.05, 0) is 43.6 Å². The van der Waals surface area contributed by atoms with Crippen LogP contribution in [0.2, 0.25) is 0 Å². The van der Waals surface area contributed by atoms with E-state index in [1.807, 2.05) is 24.3 Å². The summed E-state index contributed by atoms with van der Waals surface area (Å²) < 4.78 is 4.72. The largest absolute Gasteiger partial charge is 0.447 e. The first-order valence-electron chi connectivity index (χ1n) is 6.64. The van der Waals surface area contributed by atoms with Crippen molar-refractivity contribution in [3.05, 3.63) is 29.8 Å². The Morgan fingerprint density at radius 2 is 1.95 bits per heavy atom. The predicted octanol–water partition coefficient (Wildman–Crippen LogP) is 1.82. The molecule has 0 saturated carbocycles. The molecular formula is C14H20N2O3. The predicted molar refractivity (Wildman–Crippen MR) is 73.0 cm³/mol. The number of nitrogens with zero attached hydrogens (tertiary/aromatic N) is 1. The molecule has 19 heavy (non-hydrogen) atoms. The lowest BCUT2D eigenvalue weighted by molar-refractivity contribution is 0.131. The molecule has 0 aromatic heterocycles. The second-order valence-corrected chi connectivity index (χ2v) is 4.66. The van der Waals surface area contributed by atoms with Crippen molar-refractivity contribution in [2.75, 3.05) is 31.6 Å². The third-order valence-corrected chi connectivity index (χ3v) is 3.13. The molecule has 1 amide bonds. The first-order valence-corrected chi connectivity index (χ1v) is 6.64. The second kappa shape index (κ2) is 7.11. The average molecular weight is 264 g/mol. The number of benzene rings is 1. The van der Waals surface area contributed by atoms with Gasteiger partial charge in [0, 0.05) is 12.2 Å². The lowest BCUT2D eigenvalue weighted by Gasteiger charge is -2.14. The van der Waals surface area contributed by atoms with Crippen LogP contribution in [0, 0.1) is 0 Å². The third kappa shape index (κ3) is 4.54. The van der Waals surface area contributed by atoms with Crippen LogP contribution >= 0.6 is 0 Å². The summed E-state index contributed by atoms with van der Waals surface area (Å²) in [5.41, 5.74) is 1.95. The Morgan fingerprint density at radius 3 is 2.58 bits per heavy atom. The highest BCUT2D eigenvalue weighted by Crippen LogP contribution is 2.15. The molecule has 5 nitrogen and oxygen atoms in total. The van der Waals surface area contributed by atoms with E-state index in [1.165, 1.54) is 31.5 Å². The molecule has 2 rings (SSSR count). The molecule has 1 heterocycles. The maximum Gasteiger partial charge on any atom is 0.411 e. The van der Waals surface area contributed by atoms with Crippen LogP contribution in [-0.2, 0) is 11.3 Å². The van der Waals surface area contributed by atoms with Crippen molar-refractivity contribution >= 4 is 11.8 Å². The fraction of sp³-hybridized carbons (Fsp3) is 0.500. The van der Waals surface area contributed by atoms with Gasteiger partial charge in [0.25, 0.3) is 0 Å². The van der Waals surface area contributed by atoms with Gasteiger partial charge >= 0.3 is 6.09 Å². The average Bonchev–Trinajstić information content (AvgIpc) is 2.91. The van der Waals surface area contributed by atoms with Crippen LogP contribution in [0.15, 0.2) is 24.3 Å². The van der Waals surface area contributed by atoms with E-state index < -0.39 is 6.09 Å². The number of hydrogen-bond donors (Lipinski definition) is 2. The Morgan fingerprint density at radius 1 is 1.26 bits per heavy atom. The number of aliphatic hydroxyl groups is 1. The van der Waals surface area contributed by atoms with Gasteiger partial charge in [0.05, 0.1) is 6.61 Å². The van der Waals surface area contributed by atoms with Crippen molar-refractivity contribution < 1.29 is 14.6 Å². The summed E-state index contributed by atoms with van der Waals surface area (Å²) in [6.45, 7) is 3.16. The Kier molecular flexibility index (Phi) is 5.18. The minimum atomic E-state index is -0.540. The quantitative estimate of drug-likeness (QED) is 0.851. The molecule has 0 atom stereocenters. The smallest absolute Gasteiger partial charge is 0.411 e. The Hall–Kier alpha value is -1.59. The lowest BCUT2D eigenvalue weighted by atomic mass is 10.2. The van der Waals surface area contributed by atoms with Gasteiger partial charge in [-0.2, -0.15) is 0 Å². The molecule has 1 aromatic rings. The number of likely N-dealkylation sites (tertiary alicyclic amines) is 1. The highest BCUT2D eigenvalue weighted by Gasteiger charge is 2.11. The summed E-state index contributed by atoms with van der Waals surface area (Å²) in [7, 11) is 0. The summed E-state index contributed by atoms with van der Waals surface area (Å²) in [6.07, 6.45) is 2.04. The zero-order valence-electron chi connectivity index (χ0n) is 11.0. The molecule has 1 fully saturated rings. The molecule has 1 saturated heterocycles. The molecule has 2 N–H and O–H groups in total. The van der Waals surface area contributed by atoms with E-state index in [9.17, 15) is 4.79 Å². The zero-order valence-corrected chi connectivity index (χ0v) is 11.0. The van der Waals surface area contributed by atoms with E-state index in [1.54, 1.807) is 0 Å². The van der Waals surface area contributed by atoms with E-state index >= 15 is 0 Å². The van der Waals surface area contributed by atoms with Crippen molar-refractivity contribution in [2.24, 2.45) is 0 Å². The summed E-state index contributed by atoms with van der Waals surface area (Å²) in [6, 6.07) is 7.76. The second-order valence-electron chi connectivity index (χ2n) is 4.66. The van der Waals surface area contributed by atoms with Gasteiger partial charge in [-0.25, -0.2) is 4.79 Å². The topological polar surface area (TPSA) is 61.8 Å². The molecule has 104 valence electrons. The van der Waals surface area contributed by atoms with E-state index in [-0.39, 0.29) is 13.2 Å². The fourth-order valence-electron chi connectivity index (χ4n) is 2.18. The number of rotatable bonds is 5. The van der Waals surface area contributed by atoms with Crippen LogP contribution in [0.3, 0.4) is 0 Å². The molecule has 0 unspecified atom stereocenters. The van der Waals surface area contributed by atoms with Crippen molar-refractivity contribution in [3.8, 4) is 0 Å². The third-order valence-electron chi connectivity index (χ3n) is 3.13. The van der Waals surface area contributed by atoms with Gasteiger partial charge < -0.3 is 9.84 Å². The van der Waals surface area contributed by atoms with E-state index in [0.717, 1.165) is 6.54 Å². The molecule has 0 bridgehead atoms. The Balaban J connectivity index is 1.82. The Bertz CT molecular complexity index is 400. The fourth-order valence-corrected chi connectivity index (χ4v) is 2.18. The van der Waals surface area contributed by atoms with Crippen LogP contribution in [0.25, 0.3) is 0 Å². The van der Waals surface area contributed by atoms with Crippen molar-refractivity contribution in [1.82, 2.24) is 4.90 Å². The summed E-state index contributed by atoms with van der Waals surface area (Å²) in [5.74, 6) is 0. The number of ether oxygens (including phenoxy) is 1. The number of nitrogens with one attached hydrogen (secondary N) is 1. The van der Waals surface area contributed by atoms with E-state index in [2.05, 4.69) is 10.2 Å². The van der Waals surface area contributed by atoms with Crippen LogP contribution in [-0.4, -0.2) is 42.4 Å². The molecular weight excluding hydrogens is 244 g/mol. The van der Waals surface area contributed by atoms with Crippen LogP contribution in [0.1, 0.15) is 18.4 Å². The van der Waals surface area contributed by atoms with Gasteiger partial charge in [-0.3, -0.25) is 10.2 Å². The van der Waals surface area contributed by atoms with Crippen molar-refractivity contribution in [1.29, 1.82) is 0 Å². The molecule has 1 aliphatic rings. The monoisotopic (exact) mass is 264 g/mol. The minimum absolute atomic E-state index is 0.0128. The van der Waals surface area contributed by atoms with E-state index in [0.29, 0.717) is 5.69 Å². The minimum Gasteiger partial charge on any atom is -0.447 e. The lowest BCUT2D eigenvalue weighted by Crippen LogP contribution is -2.18. The van der Waals surface area contributed by atoms with Crippen molar-refractivity contribution in [3.63, 3.8) is 0 Å². The normalized spacial score (nSPS) is 15.4. The van der Waals surface area contributed by atoms with Gasteiger partial charge in [-0.1, -0.05) is 12.1 Å². The summed E-state index contributed by atoms with van der Waals surface area (Å²) in [5, 5.41) is 11.2. The molecule has 0 radical (unpaired) electrons. The van der Waals surface area contributed by atoms with Gasteiger partial charge in [0.1, 0.15) is 6.61 Å².